The molecule has 0 saturated heterocycles. The molecule has 5 heteroatoms. The van der Waals surface area contributed by atoms with Crippen molar-refractivity contribution < 1.29 is 24.5 Å². The van der Waals surface area contributed by atoms with Gasteiger partial charge in [-0.15, -0.1) is 0 Å². The molecule has 0 amide bonds. The molecular formula is C26H28O5. The van der Waals surface area contributed by atoms with E-state index in [9.17, 15) is 14.7 Å². The Morgan fingerprint density at radius 3 is 2.32 bits per heavy atom. The van der Waals surface area contributed by atoms with Gasteiger partial charge in [0.15, 0.2) is 5.78 Å². The molecule has 0 bridgehead atoms. The summed E-state index contributed by atoms with van der Waals surface area (Å²) in [4.78, 5) is 22.9. The summed E-state index contributed by atoms with van der Waals surface area (Å²) < 4.78 is 5.84. The quantitative estimate of drug-likeness (QED) is 0.299. The Kier molecular flexibility index (Phi) is 8.38. The highest BCUT2D eigenvalue weighted by atomic mass is 16.5. The molecule has 5 nitrogen and oxygen atoms in total. The number of ether oxygens (including phenoxy) is 1. The molecule has 0 aromatic heterocycles. The molecule has 0 fully saturated rings. The van der Waals surface area contributed by atoms with Gasteiger partial charge in [0.05, 0.1) is 5.56 Å². The number of allylic oxidation sites excluding steroid dienone is 4. The van der Waals surface area contributed by atoms with Gasteiger partial charge in [0.25, 0.3) is 0 Å². The van der Waals surface area contributed by atoms with Crippen LogP contribution in [0.2, 0.25) is 0 Å². The van der Waals surface area contributed by atoms with Gasteiger partial charge in [0, 0.05) is 17.6 Å². The second-order valence-electron chi connectivity index (χ2n) is 7.25. The first-order valence-corrected chi connectivity index (χ1v) is 10.1. The Balaban J connectivity index is 2.08. The van der Waals surface area contributed by atoms with Gasteiger partial charge < -0.3 is 14.9 Å². The summed E-state index contributed by atoms with van der Waals surface area (Å²) in [5.74, 6) is -0.567. The van der Waals surface area contributed by atoms with Gasteiger partial charge in [0.1, 0.15) is 18.1 Å². The molecule has 0 aliphatic rings. The molecule has 31 heavy (non-hydrogen) atoms. The molecule has 0 aliphatic heterocycles. The Morgan fingerprint density at radius 1 is 1.10 bits per heavy atom. The van der Waals surface area contributed by atoms with Crippen molar-refractivity contribution in [3.05, 3.63) is 94.6 Å². The molecule has 2 aromatic carbocycles. The van der Waals surface area contributed by atoms with E-state index >= 15 is 0 Å². The van der Waals surface area contributed by atoms with Crippen LogP contribution in [0.3, 0.4) is 0 Å². The molecule has 2 aromatic rings. The Bertz CT molecular complexity index is 1030. The van der Waals surface area contributed by atoms with Crippen LogP contribution in [0.5, 0.6) is 11.5 Å². The van der Waals surface area contributed by atoms with Crippen molar-refractivity contribution in [1.82, 2.24) is 0 Å². The van der Waals surface area contributed by atoms with Gasteiger partial charge in [-0.05, 0) is 55.2 Å². The van der Waals surface area contributed by atoms with Gasteiger partial charge in [-0.25, -0.2) is 4.79 Å². The smallest absolute Gasteiger partial charge is 0.331 e. The molecule has 0 spiro atoms. The first-order chi connectivity index (χ1) is 14.8. The van der Waals surface area contributed by atoms with Crippen LogP contribution in [-0.4, -0.2) is 22.0 Å². The standard InChI is InChI=1S/C26H28O5/c1-5-7-21(14-17(3)26(29)30)15-19-8-10-20(11-9-19)16-31-24-13-12-22(23(27)6-2)25(28)18(24)4/h5,7-14,28H,1,6,15-16H2,2-4H3,(H,29,30)/b17-14+,21-7+. The number of carboxylic acid groups (broad SMARTS) is 1. The summed E-state index contributed by atoms with van der Waals surface area (Å²) in [5, 5.41) is 19.4. The summed E-state index contributed by atoms with van der Waals surface area (Å²) in [6.45, 7) is 9.04. The topological polar surface area (TPSA) is 83.8 Å². The van der Waals surface area contributed by atoms with Crippen molar-refractivity contribution >= 4 is 11.8 Å². The summed E-state index contributed by atoms with van der Waals surface area (Å²) >= 11 is 0. The van der Waals surface area contributed by atoms with Crippen LogP contribution >= 0.6 is 0 Å². The van der Waals surface area contributed by atoms with Gasteiger partial charge >= 0.3 is 5.97 Å². The number of hydrogen-bond donors (Lipinski definition) is 2. The molecule has 0 atom stereocenters. The average Bonchev–Trinajstić information content (AvgIpc) is 2.75. The SMILES string of the molecule is C=C/C=C(\C=C(/C)C(=O)O)Cc1ccc(COc2ccc(C(=O)CC)c(O)c2C)cc1. The normalized spacial score (nSPS) is 11.8. The Labute approximate surface area is 183 Å². The van der Waals surface area contributed by atoms with Crippen LogP contribution in [-0.2, 0) is 17.8 Å². The predicted octanol–water partition coefficient (Wildman–Crippen LogP) is 5.56. The third-order valence-corrected chi connectivity index (χ3v) is 4.90. The lowest BCUT2D eigenvalue weighted by Crippen LogP contribution is -2.02. The number of Topliss-reactive ketones (excluding diaryl/α,β-unsaturated/α-hetero) is 1. The zero-order chi connectivity index (χ0) is 23.0. The summed E-state index contributed by atoms with van der Waals surface area (Å²) in [7, 11) is 0. The molecule has 0 heterocycles. The van der Waals surface area contributed by atoms with E-state index in [4.69, 9.17) is 9.84 Å². The molecule has 0 aliphatic carbocycles. The van der Waals surface area contributed by atoms with Gasteiger partial charge in [0.2, 0.25) is 0 Å². The van der Waals surface area contributed by atoms with Crippen molar-refractivity contribution in [2.24, 2.45) is 0 Å². The number of carboxylic acids is 1. The molecule has 2 N–H and O–H groups in total. The first-order valence-electron chi connectivity index (χ1n) is 10.1. The third-order valence-electron chi connectivity index (χ3n) is 4.90. The zero-order valence-electron chi connectivity index (χ0n) is 18.1. The maximum absolute atomic E-state index is 11.9. The second-order valence-corrected chi connectivity index (χ2v) is 7.25. The number of phenolic OH excluding ortho intramolecular Hbond substituents is 1. The first kappa shape index (κ1) is 23.7. The Hall–Kier alpha value is -3.60. The maximum atomic E-state index is 11.9. The van der Waals surface area contributed by atoms with E-state index in [1.165, 1.54) is 0 Å². The van der Waals surface area contributed by atoms with Crippen LogP contribution in [0.25, 0.3) is 0 Å². The molecule has 0 radical (unpaired) electrons. The number of aliphatic carboxylic acids is 1. The van der Waals surface area contributed by atoms with Crippen molar-refractivity contribution in [3.63, 3.8) is 0 Å². The fraction of sp³-hybridized carbons (Fsp3) is 0.231. The monoisotopic (exact) mass is 420 g/mol. The van der Waals surface area contributed by atoms with E-state index < -0.39 is 5.97 Å². The lowest BCUT2D eigenvalue weighted by atomic mass is 10.0. The van der Waals surface area contributed by atoms with E-state index in [1.54, 1.807) is 51.1 Å². The molecule has 0 saturated carbocycles. The van der Waals surface area contributed by atoms with Gasteiger partial charge in [-0.1, -0.05) is 49.9 Å². The number of aromatic hydroxyl groups is 1. The minimum atomic E-state index is -0.948. The van der Waals surface area contributed by atoms with Crippen molar-refractivity contribution in [3.8, 4) is 11.5 Å². The van der Waals surface area contributed by atoms with Crippen LogP contribution < -0.4 is 4.74 Å². The van der Waals surface area contributed by atoms with Crippen LogP contribution in [0.1, 0.15) is 47.3 Å². The largest absolute Gasteiger partial charge is 0.507 e. The van der Waals surface area contributed by atoms with E-state index in [0.29, 0.717) is 36.3 Å². The fourth-order valence-electron chi connectivity index (χ4n) is 3.05. The van der Waals surface area contributed by atoms with E-state index in [0.717, 1.165) is 16.7 Å². The summed E-state index contributed by atoms with van der Waals surface area (Å²) in [6, 6.07) is 11.1. The second kappa shape index (κ2) is 11.0. The highest BCUT2D eigenvalue weighted by Gasteiger charge is 2.14. The van der Waals surface area contributed by atoms with E-state index in [1.807, 2.05) is 24.3 Å². The van der Waals surface area contributed by atoms with Gasteiger partial charge in [-0.3, -0.25) is 4.79 Å². The average molecular weight is 421 g/mol. The van der Waals surface area contributed by atoms with Gasteiger partial charge in [-0.2, -0.15) is 0 Å². The third kappa shape index (κ3) is 6.44. The lowest BCUT2D eigenvalue weighted by molar-refractivity contribution is -0.132. The fourth-order valence-corrected chi connectivity index (χ4v) is 3.05. The predicted molar refractivity (Wildman–Crippen MR) is 122 cm³/mol. The Morgan fingerprint density at radius 2 is 1.74 bits per heavy atom. The summed E-state index contributed by atoms with van der Waals surface area (Å²) in [5.41, 5.74) is 3.95. The van der Waals surface area contributed by atoms with Crippen molar-refractivity contribution in [2.75, 3.05) is 0 Å². The maximum Gasteiger partial charge on any atom is 0.331 e. The molecule has 2 rings (SSSR count). The number of rotatable bonds is 10. The number of carbonyl (C=O) groups is 2. The molecule has 0 unspecified atom stereocenters. The lowest BCUT2D eigenvalue weighted by Gasteiger charge is -2.13. The number of hydrogen-bond acceptors (Lipinski definition) is 4. The van der Waals surface area contributed by atoms with Crippen LogP contribution in [0, 0.1) is 6.92 Å². The van der Waals surface area contributed by atoms with E-state index in [2.05, 4.69) is 6.58 Å². The number of carbonyl (C=O) groups excluding carboxylic acids is 1. The van der Waals surface area contributed by atoms with Crippen molar-refractivity contribution in [2.45, 2.75) is 40.2 Å². The minimum Gasteiger partial charge on any atom is -0.507 e. The van der Waals surface area contributed by atoms with Crippen molar-refractivity contribution in [1.29, 1.82) is 0 Å². The minimum absolute atomic E-state index is 0.0362. The summed E-state index contributed by atoms with van der Waals surface area (Å²) in [6.07, 6.45) is 5.99. The number of phenols is 1. The van der Waals surface area contributed by atoms with Crippen LogP contribution in [0.15, 0.2) is 72.4 Å². The number of benzene rings is 2. The molecule has 162 valence electrons. The zero-order valence-corrected chi connectivity index (χ0v) is 18.1. The van der Waals surface area contributed by atoms with Crippen LogP contribution in [0.4, 0.5) is 0 Å². The van der Waals surface area contributed by atoms with E-state index in [-0.39, 0.29) is 17.1 Å². The molecular weight excluding hydrogens is 392 g/mol. The highest BCUT2D eigenvalue weighted by molar-refractivity contribution is 5.99. The highest BCUT2D eigenvalue weighted by Crippen LogP contribution is 2.31. The number of ketones is 1.